The van der Waals surface area contributed by atoms with Crippen LogP contribution in [0.5, 0.6) is 0 Å². The highest BCUT2D eigenvalue weighted by molar-refractivity contribution is 5.72. The molecule has 2 amide bonds. The quantitative estimate of drug-likeness (QED) is 0.871. The van der Waals surface area contributed by atoms with E-state index in [1.165, 1.54) is 0 Å². The van der Waals surface area contributed by atoms with E-state index in [0.29, 0.717) is 26.2 Å². The summed E-state index contributed by atoms with van der Waals surface area (Å²) < 4.78 is 1.94. The predicted octanol–water partition coefficient (Wildman–Crippen LogP) is 0.480. The SMILES string of the molecule is Cc1ncn(-c2cc(N3CCN(C(N)=O)CC3)ncn2)c1C. The second-order valence-corrected chi connectivity index (χ2v) is 5.33. The number of hydrogen-bond acceptors (Lipinski definition) is 5. The van der Waals surface area contributed by atoms with Crippen molar-refractivity contribution >= 4 is 11.8 Å². The number of rotatable bonds is 2. The molecule has 1 fully saturated rings. The Kier molecular flexibility index (Phi) is 3.66. The summed E-state index contributed by atoms with van der Waals surface area (Å²) >= 11 is 0. The number of imidazole rings is 1. The van der Waals surface area contributed by atoms with Gasteiger partial charge in [0.25, 0.3) is 0 Å². The molecule has 0 aliphatic carbocycles. The monoisotopic (exact) mass is 301 g/mol. The number of aryl methyl sites for hydroxylation is 1. The Hall–Kier alpha value is -2.64. The van der Waals surface area contributed by atoms with E-state index in [-0.39, 0.29) is 6.03 Å². The number of primary amides is 1. The van der Waals surface area contributed by atoms with E-state index in [2.05, 4.69) is 19.9 Å². The van der Waals surface area contributed by atoms with Gasteiger partial charge in [-0.2, -0.15) is 0 Å². The molecule has 0 spiro atoms. The van der Waals surface area contributed by atoms with E-state index < -0.39 is 0 Å². The highest BCUT2D eigenvalue weighted by atomic mass is 16.2. The fourth-order valence-corrected chi connectivity index (χ4v) is 2.53. The van der Waals surface area contributed by atoms with Gasteiger partial charge in [0, 0.05) is 37.9 Å². The van der Waals surface area contributed by atoms with Crippen molar-refractivity contribution in [2.75, 3.05) is 31.1 Å². The van der Waals surface area contributed by atoms with Crippen molar-refractivity contribution in [3.8, 4) is 5.82 Å². The maximum Gasteiger partial charge on any atom is 0.314 e. The number of nitrogens with two attached hydrogens (primary N) is 1. The molecular weight excluding hydrogens is 282 g/mol. The van der Waals surface area contributed by atoms with Gasteiger partial charge in [-0.1, -0.05) is 0 Å². The third-order valence-corrected chi connectivity index (χ3v) is 4.05. The number of amides is 2. The van der Waals surface area contributed by atoms with Crippen LogP contribution in [0, 0.1) is 13.8 Å². The molecule has 22 heavy (non-hydrogen) atoms. The lowest BCUT2D eigenvalue weighted by Crippen LogP contribution is -2.50. The molecule has 8 heteroatoms. The van der Waals surface area contributed by atoms with Gasteiger partial charge in [-0.05, 0) is 13.8 Å². The molecule has 1 aliphatic heterocycles. The van der Waals surface area contributed by atoms with Gasteiger partial charge in [-0.25, -0.2) is 19.7 Å². The highest BCUT2D eigenvalue weighted by Gasteiger charge is 2.20. The number of piperazine rings is 1. The molecule has 3 heterocycles. The number of aromatic nitrogens is 4. The fraction of sp³-hybridized carbons (Fsp3) is 0.429. The van der Waals surface area contributed by atoms with Gasteiger partial charge in [0.05, 0.1) is 5.69 Å². The zero-order chi connectivity index (χ0) is 15.7. The van der Waals surface area contributed by atoms with Crippen LogP contribution in [-0.2, 0) is 0 Å². The maximum atomic E-state index is 11.2. The number of carbonyl (C=O) groups excluding carboxylic acids is 1. The van der Waals surface area contributed by atoms with Gasteiger partial charge in [0.1, 0.15) is 24.3 Å². The molecule has 0 unspecified atom stereocenters. The highest BCUT2D eigenvalue weighted by Crippen LogP contribution is 2.18. The third-order valence-electron chi connectivity index (χ3n) is 4.05. The van der Waals surface area contributed by atoms with Gasteiger partial charge in [0.15, 0.2) is 0 Å². The molecule has 2 aromatic rings. The first-order chi connectivity index (χ1) is 10.6. The molecular formula is C14H19N7O. The van der Waals surface area contributed by atoms with Gasteiger partial charge in [0.2, 0.25) is 0 Å². The molecule has 0 saturated carbocycles. The molecule has 2 aromatic heterocycles. The lowest BCUT2D eigenvalue weighted by atomic mass is 10.3. The first kappa shape index (κ1) is 14.3. The maximum absolute atomic E-state index is 11.2. The molecule has 3 rings (SSSR count). The Morgan fingerprint density at radius 1 is 1.09 bits per heavy atom. The Bertz CT molecular complexity index is 688. The lowest BCUT2D eigenvalue weighted by molar-refractivity contribution is 0.204. The van der Waals surface area contributed by atoms with Gasteiger partial charge < -0.3 is 15.5 Å². The van der Waals surface area contributed by atoms with Crippen molar-refractivity contribution in [1.29, 1.82) is 0 Å². The van der Waals surface area contributed by atoms with E-state index in [0.717, 1.165) is 23.0 Å². The van der Waals surface area contributed by atoms with Crippen LogP contribution in [0.4, 0.5) is 10.6 Å². The van der Waals surface area contributed by atoms with Crippen LogP contribution in [0.15, 0.2) is 18.7 Å². The first-order valence-corrected chi connectivity index (χ1v) is 7.18. The predicted molar refractivity (Wildman–Crippen MR) is 82.0 cm³/mol. The van der Waals surface area contributed by atoms with E-state index in [1.54, 1.807) is 17.6 Å². The summed E-state index contributed by atoms with van der Waals surface area (Å²) in [5.74, 6) is 1.64. The second kappa shape index (κ2) is 5.63. The minimum atomic E-state index is -0.368. The van der Waals surface area contributed by atoms with E-state index >= 15 is 0 Å². The van der Waals surface area contributed by atoms with E-state index in [4.69, 9.17) is 5.73 Å². The van der Waals surface area contributed by atoms with Crippen molar-refractivity contribution in [3.05, 3.63) is 30.1 Å². The van der Waals surface area contributed by atoms with Gasteiger partial charge in [-0.15, -0.1) is 0 Å². The average molecular weight is 301 g/mol. The standard InChI is InChI=1S/C14H19N7O/c1-10-11(2)21(9-18-10)13-7-12(16-8-17-13)19-3-5-20(6-4-19)14(15)22/h7-9H,3-6H2,1-2H3,(H2,15,22). The zero-order valence-corrected chi connectivity index (χ0v) is 12.7. The van der Waals surface area contributed by atoms with Crippen LogP contribution in [0.1, 0.15) is 11.4 Å². The summed E-state index contributed by atoms with van der Waals surface area (Å²) in [6, 6.07) is 1.57. The van der Waals surface area contributed by atoms with E-state index in [1.807, 2.05) is 24.5 Å². The number of anilines is 1. The van der Waals surface area contributed by atoms with Gasteiger partial charge in [-0.3, -0.25) is 4.57 Å². The normalized spacial score (nSPS) is 15.2. The van der Waals surface area contributed by atoms with Crippen LogP contribution < -0.4 is 10.6 Å². The van der Waals surface area contributed by atoms with Crippen molar-refractivity contribution in [2.45, 2.75) is 13.8 Å². The molecule has 0 bridgehead atoms. The van der Waals surface area contributed by atoms with Crippen molar-refractivity contribution in [3.63, 3.8) is 0 Å². The smallest absolute Gasteiger partial charge is 0.314 e. The number of carbonyl (C=O) groups is 1. The Labute approximate surface area is 128 Å². The Morgan fingerprint density at radius 2 is 1.77 bits per heavy atom. The number of nitrogens with zero attached hydrogens (tertiary/aromatic N) is 6. The molecule has 0 aromatic carbocycles. The molecule has 0 atom stereocenters. The molecule has 8 nitrogen and oxygen atoms in total. The topological polar surface area (TPSA) is 93.2 Å². The van der Waals surface area contributed by atoms with Crippen LogP contribution in [0.2, 0.25) is 0 Å². The minimum Gasteiger partial charge on any atom is -0.353 e. The summed E-state index contributed by atoms with van der Waals surface area (Å²) in [5, 5.41) is 0. The van der Waals surface area contributed by atoms with Crippen LogP contribution in [0.3, 0.4) is 0 Å². The third kappa shape index (κ3) is 2.59. The summed E-state index contributed by atoms with van der Waals surface area (Å²) in [7, 11) is 0. The Balaban J connectivity index is 1.80. The first-order valence-electron chi connectivity index (χ1n) is 7.18. The van der Waals surface area contributed by atoms with Crippen molar-refractivity contribution < 1.29 is 4.79 Å². The zero-order valence-electron chi connectivity index (χ0n) is 12.7. The Morgan fingerprint density at radius 3 is 2.36 bits per heavy atom. The largest absolute Gasteiger partial charge is 0.353 e. The lowest BCUT2D eigenvalue weighted by Gasteiger charge is -2.34. The molecule has 2 N–H and O–H groups in total. The van der Waals surface area contributed by atoms with E-state index in [9.17, 15) is 4.79 Å². The van der Waals surface area contributed by atoms with Crippen LogP contribution in [-0.4, -0.2) is 56.6 Å². The minimum absolute atomic E-state index is 0.368. The number of urea groups is 1. The molecule has 1 saturated heterocycles. The van der Waals surface area contributed by atoms with Crippen LogP contribution >= 0.6 is 0 Å². The molecule has 0 radical (unpaired) electrons. The molecule has 1 aliphatic rings. The second-order valence-electron chi connectivity index (χ2n) is 5.33. The average Bonchev–Trinajstić information content (AvgIpc) is 2.87. The summed E-state index contributed by atoms with van der Waals surface area (Å²) in [4.78, 5) is 27.9. The van der Waals surface area contributed by atoms with Crippen LogP contribution in [0.25, 0.3) is 5.82 Å². The summed E-state index contributed by atoms with van der Waals surface area (Å²) in [6.07, 6.45) is 3.32. The molecule has 116 valence electrons. The van der Waals surface area contributed by atoms with Gasteiger partial charge >= 0.3 is 6.03 Å². The van der Waals surface area contributed by atoms with Crippen molar-refractivity contribution in [1.82, 2.24) is 24.4 Å². The summed E-state index contributed by atoms with van der Waals surface area (Å²) in [5.41, 5.74) is 7.34. The fourth-order valence-electron chi connectivity index (χ4n) is 2.53. The van der Waals surface area contributed by atoms with Crippen molar-refractivity contribution in [2.24, 2.45) is 5.73 Å². The summed E-state index contributed by atoms with van der Waals surface area (Å²) in [6.45, 7) is 6.62. The number of hydrogen-bond donors (Lipinski definition) is 1.